The van der Waals surface area contributed by atoms with Gasteiger partial charge < -0.3 is 20.9 Å². The van der Waals surface area contributed by atoms with E-state index < -0.39 is 11.6 Å². The first-order valence-electron chi connectivity index (χ1n) is 12.1. The molecule has 36 heavy (non-hydrogen) atoms. The van der Waals surface area contributed by atoms with Gasteiger partial charge in [0.1, 0.15) is 23.0 Å². The summed E-state index contributed by atoms with van der Waals surface area (Å²) in [5.74, 6) is 0.531. The monoisotopic (exact) mass is 529 g/mol. The predicted octanol–water partition coefficient (Wildman–Crippen LogP) is 4.64. The van der Waals surface area contributed by atoms with Gasteiger partial charge in [-0.2, -0.15) is 0 Å². The molecule has 6 rings (SSSR count). The Balaban J connectivity index is 1.58. The molecule has 0 bridgehead atoms. The summed E-state index contributed by atoms with van der Waals surface area (Å²) in [7, 11) is 2.10. The van der Waals surface area contributed by atoms with E-state index in [1.165, 1.54) is 12.1 Å². The molecule has 0 saturated carbocycles. The number of hydrogen-bond acceptors (Lipinski definition) is 8. The highest BCUT2D eigenvalue weighted by atomic mass is 35.5. The first kappa shape index (κ1) is 23.7. The molecular weight excluding hydrogens is 504 g/mol. The number of nitrogens with zero attached hydrogens (tertiary/aromatic N) is 5. The summed E-state index contributed by atoms with van der Waals surface area (Å²) in [6.45, 7) is 5.06. The van der Waals surface area contributed by atoms with Gasteiger partial charge in [-0.25, -0.2) is 23.7 Å². The second-order valence-corrected chi connectivity index (χ2v) is 10.9. The number of hydrogen-bond donors (Lipinski definition) is 2. The number of nitrogens with one attached hydrogen (secondary N) is 1. The molecule has 188 valence electrons. The molecule has 3 N–H and O–H groups in total. The largest absolute Gasteiger partial charge is 0.375 e. The van der Waals surface area contributed by atoms with Gasteiger partial charge in [-0.15, -0.1) is 0 Å². The van der Waals surface area contributed by atoms with E-state index in [2.05, 4.69) is 27.1 Å². The molecular formula is C25H26ClF2N7S. The van der Waals surface area contributed by atoms with Crippen molar-refractivity contribution in [1.82, 2.24) is 25.2 Å². The second-order valence-electron chi connectivity index (χ2n) is 9.49. The number of benzene rings is 2. The Morgan fingerprint density at radius 3 is 2.56 bits per heavy atom. The van der Waals surface area contributed by atoms with Crippen molar-refractivity contribution in [2.24, 2.45) is 0 Å². The Morgan fingerprint density at radius 1 is 1.06 bits per heavy atom. The van der Waals surface area contributed by atoms with E-state index in [0.717, 1.165) is 63.4 Å². The zero-order valence-electron chi connectivity index (χ0n) is 19.8. The Bertz CT molecular complexity index is 1460. The van der Waals surface area contributed by atoms with Crippen molar-refractivity contribution in [3.63, 3.8) is 0 Å². The van der Waals surface area contributed by atoms with E-state index in [4.69, 9.17) is 27.3 Å². The zero-order valence-corrected chi connectivity index (χ0v) is 21.4. The van der Waals surface area contributed by atoms with Crippen LogP contribution in [0.2, 0.25) is 5.02 Å². The highest BCUT2D eigenvalue weighted by molar-refractivity contribution is 7.22. The molecule has 0 unspecified atom stereocenters. The van der Waals surface area contributed by atoms with Gasteiger partial charge in [-0.1, -0.05) is 22.9 Å². The Morgan fingerprint density at radius 2 is 1.81 bits per heavy atom. The zero-order chi connectivity index (χ0) is 25.0. The number of thiazole rings is 1. The van der Waals surface area contributed by atoms with Crippen LogP contribution >= 0.6 is 22.9 Å². The van der Waals surface area contributed by atoms with Gasteiger partial charge in [-0.3, -0.25) is 0 Å². The Hall–Kier alpha value is -2.66. The van der Waals surface area contributed by atoms with Crippen LogP contribution in [0.25, 0.3) is 32.2 Å². The fourth-order valence-electron chi connectivity index (χ4n) is 5.20. The van der Waals surface area contributed by atoms with Gasteiger partial charge in [0.05, 0.1) is 15.2 Å². The quantitative estimate of drug-likeness (QED) is 0.400. The number of fused-ring (bicyclic) bond motifs is 2. The van der Waals surface area contributed by atoms with E-state index in [1.807, 2.05) is 0 Å². The van der Waals surface area contributed by atoms with Gasteiger partial charge in [0.15, 0.2) is 10.9 Å². The van der Waals surface area contributed by atoms with E-state index in [1.54, 1.807) is 6.07 Å². The molecule has 2 fully saturated rings. The van der Waals surface area contributed by atoms with E-state index in [-0.39, 0.29) is 31.9 Å². The number of aromatic nitrogens is 3. The average molecular weight is 530 g/mol. The minimum Gasteiger partial charge on any atom is -0.375 e. The highest BCUT2D eigenvalue weighted by Gasteiger charge is 2.28. The van der Waals surface area contributed by atoms with Crippen LogP contribution in [0.3, 0.4) is 0 Å². The molecule has 0 amide bonds. The third-order valence-electron chi connectivity index (χ3n) is 7.16. The van der Waals surface area contributed by atoms with E-state index in [9.17, 15) is 4.39 Å². The molecule has 2 saturated heterocycles. The van der Waals surface area contributed by atoms with Crippen LogP contribution in [0, 0.1) is 11.6 Å². The lowest BCUT2D eigenvalue weighted by Gasteiger charge is -2.32. The van der Waals surface area contributed by atoms with Gasteiger partial charge >= 0.3 is 0 Å². The van der Waals surface area contributed by atoms with Crippen molar-refractivity contribution in [2.45, 2.75) is 18.8 Å². The van der Waals surface area contributed by atoms with Gasteiger partial charge in [0.2, 0.25) is 0 Å². The summed E-state index contributed by atoms with van der Waals surface area (Å²) in [5.41, 5.74) is 6.94. The minimum atomic E-state index is -0.551. The normalized spacial score (nSPS) is 17.9. The summed E-state index contributed by atoms with van der Waals surface area (Å²) >= 11 is 7.75. The molecule has 2 aliphatic heterocycles. The topological polar surface area (TPSA) is 83.2 Å². The summed E-state index contributed by atoms with van der Waals surface area (Å²) in [5, 5.41) is 4.34. The molecule has 7 nitrogen and oxygen atoms in total. The van der Waals surface area contributed by atoms with Crippen LogP contribution in [-0.4, -0.2) is 66.2 Å². The first-order chi connectivity index (χ1) is 17.4. The smallest absolute Gasteiger partial charge is 0.181 e. The van der Waals surface area contributed by atoms with Crippen molar-refractivity contribution in [3.05, 3.63) is 40.7 Å². The summed E-state index contributed by atoms with van der Waals surface area (Å²) in [4.78, 5) is 18.5. The van der Waals surface area contributed by atoms with Crippen molar-refractivity contribution in [1.29, 1.82) is 0 Å². The van der Waals surface area contributed by atoms with Crippen molar-refractivity contribution < 1.29 is 8.78 Å². The maximum atomic E-state index is 16.4. The minimum absolute atomic E-state index is 0.152. The Labute approximate surface area is 216 Å². The first-order valence-corrected chi connectivity index (χ1v) is 13.3. The molecule has 2 aromatic carbocycles. The van der Waals surface area contributed by atoms with Gasteiger partial charge in [0.25, 0.3) is 0 Å². The number of piperidine rings is 1. The molecule has 4 aromatic rings. The lowest BCUT2D eigenvalue weighted by Crippen LogP contribution is -2.44. The summed E-state index contributed by atoms with van der Waals surface area (Å²) in [6.07, 6.45) is 1.84. The third-order valence-corrected chi connectivity index (χ3v) is 8.35. The summed E-state index contributed by atoms with van der Waals surface area (Å²) in [6, 6.07) is 4.53. The molecule has 2 aromatic heterocycles. The van der Waals surface area contributed by atoms with Crippen LogP contribution in [0.1, 0.15) is 24.6 Å². The highest BCUT2D eigenvalue weighted by Crippen LogP contribution is 2.42. The number of nitrogen functional groups attached to an aromatic ring is 1. The number of nitrogens with two attached hydrogens (primary N) is 1. The standard InChI is InChI=1S/C25H26ClF2N7S/c1-34-8-4-13(5-9-34)23-31-20-15(24(33-23)35-10-6-30-7-11-35)12-16(26)18(19(20)28)14-2-3-17(27)22-21(14)32-25(29)36-22/h2-3,12-13,30H,4-11H2,1H3,(H2,29,32). The van der Waals surface area contributed by atoms with Crippen molar-refractivity contribution in [3.8, 4) is 11.1 Å². The third kappa shape index (κ3) is 4.06. The fourth-order valence-corrected chi connectivity index (χ4v) is 6.26. The molecule has 4 heterocycles. The van der Waals surface area contributed by atoms with Crippen LogP contribution in [-0.2, 0) is 0 Å². The molecule has 2 aliphatic rings. The van der Waals surface area contributed by atoms with Crippen LogP contribution < -0.4 is 16.0 Å². The molecule has 0 radical (unpaired) electrons. The number of anilines is 2. The second kappa shape index (κ2) is 9.33. The molecule has 0 spiro atoms. The lowest BCUT2D eigenvalue weighted by molar-refractivity contribution is 0.251. The molecule has 0 atom stereocenters. The number of rotatable bonds is 3. The van der Waals surface area contributed by atoms with Gasteiger partial charge in [0, 0.05) is 48.6 Å². The maximum Gasteiger partial charge on any atom is 0.181 e. The van der Waals surface area contributed by atoms with Crippen LogP contribution in [0.4, 0.5) is 19.7 Å². The fraction of sp³-hybridized carbons (Fsp3) is 0.400. The van der Waals surface area contributed by atoms with E-state index >= 15 is 4.39 Å². The van der Waals surface area contributed by atoms with Crippen molar-refractivity contribution >= 4 is 55.0 Å². The SMILES string of the molecule is CN1CCC(c2nc(N3CCNCC3)c3cc(Cl)c(-c4ccc(F)c5sc(N)nc45)c(F)c3n2)CC1. The van der Waals surface area contributed by atoms with E-state index in [0.29, 0.717) is 28.1 Å². The average Bonchev–Trinajstić information content (AvgIpc) is 3.28. The Kier molecular flexibility index (Phi) is 6.15. The van der Waals surface area contributed by atoms with Gasteiger partial charge in [-0.05, 0) is 51.2 Å². The maximum absolute atomic E-state index is 16.4. The predicted molar refractivity (Wildman–Crippen MR) is 142 cm³/mol. The lowest BCUT2D eigenvalue weighted by atomic mass is 9.95. The van der Waals surface area contributed by atoms with Crippen LogP contribution in [0.15, 0.2) is 18.2 Å². The summed E-state index contributed by atoms with van der Waals surface area (Å²) < 4.78 is 31.2. The van der Waals surface area contributed by atoms with Crippen LogP contribution in [0.5, 0.6) is 0 Å². The molecule has 0 aliphatic carbocycles. The number of likely N-dealkylation sites (tertiary alicyclic amines) is 1. The molecule has 11 heteroatoms. The van der Waals surface area contributed by atoms with Crippen molar-refractivity contribution in [2.75, 3.05) is 56.9 Å². The number of halogens is 3. The number of piperazine rings is 1.